The summed E-state index contributed by atoms with van der Waals surface area (Å²) in [5.41, 5.74) is 87.8. The summed E-state index contributed by atoms with van der Waals surface area (Å²) in [5.74, 6) is 1.69. The molecule has 0 aliphatic heterocycles. The van der Waals surface area contributed by atoms with Crippen LogP contribution in [0.1, 0.15) is 44.6 Å². The first kappa shape index (κ1) is 67.8. The fourth-order valence-corrected chi connectivity index (χ4v) is 7.98. The van der Waals surface area contributed by atoms with Gasteiger partial charge in [0, 0.05) is 0 Å². The highest BCUT2D eigenvalue weighted by Crippen LogP contribution is 2.25. The topological polar surface area (TPSA) is 822 Å². The first-order valence-corrected chi connectivity index (χ1v) is 28.1. The molecule has 14 rings (SSSR count). The molecule has 1 fully saturated rings. The molecular weight excluding hydrogens is 1270 g/mol. The Morgan fingerprint density at radius 1 is 0.319 bits per heavy atom. The van der Waals surface area contributed by atoms with E-state index in [-0.39, 0.29) is 178 Å². The summed E-state index contributed by atoms with van der Waals surface area (Å²) in [6, 6.07) is 10.3. The van der Waals surface area contributed by atoms with Crippen LogP contribution in [0.4, 0.5) is 88.3 Å². The highest BCUT2D eigenvalue weighted by molar-refractivity contribution is 7.59. The molecule has 12 heterocycles. The standard InChI is InChI=1S/3C8H8N10.C8H7N9O.C7H14.C7H8.2O3S/c3*9-3-1-5(17-7(11)14-3)16-6-2(13-1)4(10)15-8(12)18-6;9-3-1-4(15-7(10)13-3)14-5-2(12-1)6(18)17-8(11)16-5;2*1-7-5-3-2-4-6-7;2*1-4(2)3/h3*(H8,9,10,11,12,14,15,16,17,18);(H7,9,10,11,13,14,15,16,17,18);7H,2-6H2,1H3;2-6H,1H3;;. The maximum Gasteiger partial charge on any atom is 0.425 e. The Bertz CT molecular complexity index is 4770. The Hall–Kier alpha value is -13.7. The number of nitrogens with one attached hydrogen (secondary N) is 1. The smallest absolute Gasteiger partial charge is 0.382 e. The molecule has 12 aromatic heterocycles. The lowest BCUT2D eigenvalue weighted by atomic mass is 9.91. The Balaban J connectivity index is 0.000000160. The number of fused-ring (bicyclic) bond motifs is 8. The van der Waals surface area contributed by atoms with Crippen molar-refractivity contribution in [1.82, 2.24) is 120 Å². The predicted molar refractivity (Wildman–Crippen MR) is 345 cm³/mol. The Morgan fingerprint density at radius 2 is 0.543 bits per heavy atom. The van der Waals surface area contributed by atoms with Crippen LogP contribution in [0.3, 0.4) is 0 Å². The molecule has 1 aromatic carbocycles. The Morgan fingerprint density at radius 3 is 0.745 bits per heavy atom. The maximum absolute atomic E-state index is 11.6. The summed E-state index contributed by atoms with van der Waals surface area (Å²) < 4.78 is 50.7. The van der Waals surface area contributed by atoms with Crippen molar-refractivity contribution in [2.45, 2.75) is 46.0 Å². The van der Waals surface area contributed by atoms with Gasteiger partial charge in [0.15, 0.2) is 130 Å². The van der Waals surface area contributed by atoms with E-state index in [1.54, 1.807) is 0 Å². The van der Waals surface area contributed by atoms with Crippen molar-refractivity contribution >= 4 is 199 Å². The average molecular weight is 1330 g/mol. The minimum absolute atomic E-state index is 0.00338. The molecular formula is C46H53N39O7S2. The van der Waals surface area contributed by atoms with E-state index in [0.29, 0.717) is 0 Å². The van der Waals surface area contributed by atoms with Crippen LogP contribution in [-0.4, -0.2) is 145 Å². The molecule has 0 amide bonds. The van der Waals surface area contributed by atoms with Crippen LogP contribution in [0.2, 0.25) is 0 Å². The van der Waals surface area contributed by atoms with Crippen LogP contribution in [0.15, 0.2) is 35.1 Å². The van der Waals surface area contributed by atoms with Crippen molar-refractivity contribution in [2.75, 3.05) is 86.0 Å². The molecule has 46 nitrogen and oxygen atoms in total. The Kier molecular flexibility index (Phi) is 21.3. The van der Waals surface area contributed by atoms with Crippen molar-refractivity contribution in [1.29, 1.82) is 0 Å². The number of anilines is 15. The largest absolute Gasteiger partial charge is 0.425 e. The van der Waals surface area contributed by atoms with E-state index in [1.807, 2.05) is 18.2 Å². The molecule has 0 radical (unpaired) electrons. The SMILES string of the molecule is CC1CCCCC1.Cc1ccccc1.Nc1nc(N)c2nc3c(=O)[nH]c(N)nc3nc2n1.Nc1nc(N)c2nc3c(N)nc(N)nc3nc2n1.Nc1nc(N)c2nc3c(N)nc(N)nc3nc2n1.Nc1nc(N)c2nc3c(N)nc(N)nc3nc2n1.O=S(=O)=O.O=S(=O)=O. The second kappa shape index (κ2) is 29.5. The number of aromatic amines is 1. The number of nitrogens with zero attached hydrogens (tertiary/aromatic N) is 23. The van der Waals surface area contributed by atoms with E-state index in [9.17, 15) is 4.79 Å². The zero-order valence-electron chi connectivity index (χ0n) is 48.6. The predicted octanol–water partition coefficient (Wildman–Crippen LogP) is -2.95. The van der Waals surface area contributed by atoms with Crippen molar-refractivity contribution in [3.8, 4) is 0 Å². The van der Waals surface area contributed by atoms with Crippen molar-refractivity contribution in [2.24, 2.45) is 5.92 Å². The summed E-state index contributed by atoms with van der Waals surface area (Å²) in [6.45, 7) is 4.44. The van der Waals surface area contributed by atoms with Gasteiger partial charge in [0.1, 0.15) is 0 Å². The molecule has 48 heteroatoms. The van der Waals surface area contributed by atoms with Gasteiger partial charge in [0.2, 0.25) is 47.6 Å². The van der Waals surface area contributed by atoms with Gasteiger partial charge >= 0.3 is 21.2 Å². The summed E-state index contributed by atoms with van der Waals surface area (Å²) in [5, 5.41) is 0. The number of nitrogen functional groups attached to an aromatic ring is 15. The number of rotatable bonds is 0. The molecule has 0 saturated heterocycles. The van der Waals surface area contributed by atoms with Crippen molar-refractivity contribution in [3.63, 3.8) is 0 Å². The van der Waals surface area contributed by atoms with E-state index in [2.05, 4.69) is 146 Å². The fraction of sp³-hybridized carbons (Fsp3) is 0.174. The number of benzene rings is 1. The van der Waals surface area contributed by atoms with Gasteiger partial charge in [-0.05, 0) is 12.8 Å². The first-order chi connectivity index (χ1) is 44.4. The zero-order chi connectivity index (χ0) is 68.8. The zero-order valence-corrected chi connectivity index (χ0v) is 50.3. The van der Waals surface area contributed by atoms with Crippen LogP contribution >= 0.6 is 0 Å². The molecule has 0 atom stereocenters. The van der Waals surface area contributed by atoms with Crippen LogP contribution in [-0.2, 0) is 21.2 Å². The quantitative estimate of drug-likeness (QED) is 0.0675. The van der Waals surface area contributed by atoms with Gasteiger partial charge in [-0.1, -0.05) is 74.9 Å². The van der Waals surface area contributed by atoms with Crippen molar-refractivity contribution < 1.29 is 25.3 Å². The molecule has 0 unspecified atom stereocenters. The lowest BCUT2D eigenvalue weighted by molar-refractivity contribution is 0.385. The highest BCUT2D eigenvalue weighted by Gasteiger charge is 2.17. The second-order valence-corrected chi connectivity index (χ2v) is 19.6. The van der Waals surface area contributed by atoms with E-state index < -0.39 is 26.8 Å². The van der Waals surface area contributed by atoms with Gasteiger partial charge in [-0.3, -0.25) is 9.78 Å². The first-order valence-electron chi connectivity index (χ1n) is 26.1. The van der Waals surface area contributed by atoms with Crippen LogP contribution in [0, 0.1) is 12.8 Å². The number of hydrogen-bond acceptors (Lipinski definition) is 45. The molecule has 1 saturated carbocycles. The van der Waals surface area contributed by atoms with Crippen LogP contribution < -0.4 is 91.6 Å². The third kappa shape index (κ3) is 17.8. The van der Waals surface area contributed by atoms with Gasteiger partial charge in [-0.25, -0.2) is 39.9 Å². The second-order valence-electron chi connectivity index (χ2n) is 18.8. The monoisotopic (exact) mass is 1330 g/mol. The lowest BCUT2D eigenvalue weighted by Gasteiger charge is -2.15. The van der Waals surface area contributed by atoms with E-state index in [1.165, 1.54) is 37.7 Å². The summed E-state index contributed by atoms with van der Waals surface area (Å²) in [7, 11) is -6.22. The van der Waals surface area contributed by atoms with Gasteiger partial charge < -0.3 is 86.0 Å². The molecule has 31 N–H and O–H groups in total. The lowest BCUT2D eigenvalue weighted by Crippen LogP contribution is -2.14. The van der Waals surface area contributed by atoms with Crippen LogP contribution in [0.25, 0.3) is 89.3 Å². The third-order valence-electron chi connectivity index (χ3n) is 11.8. The molecule has 13 aromatic rings. The van der Waals surface area contributed by atoms with E-state index >= 15 is 0 Å². The number of H-pyrrole nitrogens is 1. The molecule has 0 bridgehead atoms. The molecule has 0 spiro atoms. The molecule has 94 heavy (non-hydrogen) atoms. The minimum Gasteiger partial charge on any atom is -0.382 e. The van der Waals surface area contributed by atoms with Gasteiger partial charge in [0.05, 0.1) is 0 Å². The maximum atomic E-state index is 11.6. The Labute approximate surface area is 525 Å². The van der Waals surface area contributed by atoms with Crippen molar-refractivity contribution in [3.05, 3.63) is 46.2 Å². The number of aryl methyl sites for hydroxylation is 1. The molecule has 486 valence electrons. The molecule has 1 aliphatic carbocycles. The minimum atomic E-state index is -3.11. The van der Waals surface area contributed by atoms with E-state index in [0.717, 1.165) is 5.92 Å². The fourth-order valence-electron chi connectivity index (χ4n) is 7.98. The highest BCUT2D eigenvalue weighted by atomic mass is 32.2. The number of hydrogen-bond donors (Lipinski definition) is 16. The summed E-state index contributed by atoms with van der Waals surface area (Å²) >= 11 is 0. The number of nitrogens with two attached hydrogens (primary N) is 15. The molecule has 1 aliphatic rings. The van der Waals surface area contributed by atoms with Crippen LogP contribution in [0.5, 0.6) is 0 Å². The summed E-state index contributed by atoms with van der Waals surface area (Å²) in [4.78, 5) is 105. The van der Waals surface area contributed by atoms with E-state index in [4.69, 9.17) is 111 Å². The van der Waals surface area contributed by atoms with Gasteiger partial charge in [-0.2, -0.15) is 74.8 Å². The average Bonchev–Trinajstić information content (AvgIpc) is 0.805. The van der Waals surface area contributed by atoms with Gasteiger partial charge in [-0.15, -0.1) is 25.3 Å². The summed E-state index contributed by atoms with van der Waals surface area (Å²) in [6.07, 6.45) is 7.44. The normalized spacial score (nSPS) is 11.6. The third-order valence-corrected chi connectivity index (χ3v) is 11.8. The van der Waals surface area contributed by atoms with Gasteiger partial charge in [0.25, 0.3) is 5.56 Å². The number of aromatic nitrogens is 24.